The fourth-order valence-electron chi connectivity index (χ4n) is 1.37. The molecule has 2 rings (SSSR count). The number of nitrogen functional groups attached to an aromatic ring is 1. The molecule has 1 amide bonds. The zero-order chi connectivity index (χ0) is 12.3. The summed E-state index contributed by atoms with van der Waals surface area (Å²) in [7, 11) is 0. The van der Waals surface area contributed by atoms with Crippen molar-refractivity contribution in [1.82, 2.24) is 20.2 Å². The van der Waals surface area contributed by atoms with Gasteiger partial charge in [-0.05, 0) is 6.42 Å². The van der Waals surface area contributed by atoms with E-state index >= 15 is 0 Å². The minimum Gasteiger partial charge on any atom is -0.395 e. The van der Waals surface area contributed by atoms with Crippen molar-refractivity contribution < 1.29 is 4.79 Å². The van der Waals surface area contributed by atoms with Gasteiger partial charge < -0.3 is 11.1 Å². The average Bonchev–Trinajstić information content (AvgIpc) is 2.71. The normalized spacial score (nSPS) is 10.2. The van der Waals surface area contributed by atoms with Gasteiger partial charge >= 0.3 is 0 Å². The first-order valence-corrected chi connectivity index (χ1v) is 5.12. The van der Waals surface area contributed by atoms with E-state index in [1.807, 2.05) is 6.92 Å². The second kappa shape index (κ2) is 4.60. The standard InChI is InChI=1S/C10H12N6O/c1-2-6-8(11)9(16-15-6)10(17)14-7-5-12-3-4-13-7/h3-5H,2,11H2,1H3,(H,15,16)(H,13,14,17). The van der Waals surface area contributed by atoms with Gasteiger partial charge in [-0.25, -0.2) is 4.98 Å². The quantitative estimate of drug-likeness (QED) is 0.717. The summed E-state index contributed by atoms with van der Waals surface area (Å²) in [5.41, 5.74) is 7.07. The second-order valence-corrected chi connectivity index (χ2v) is 3.36. The fraction of sp³-hybridized carbons (Fsp3) is 0.200. The molecule has 0 radical (unpaired) electrons. The van der Waals surface area contributed by atoms with Crippen molar-refractivity contribution in [3.63, 3.8) is 0 Å². The molecule has 0 aromatic carbocycles. The van der Waals surface area contributed by atoms with Gasteiger partial charge in [0.05, 0.1) is 17.6 Å². The van der Waals surface area contributed by atoms with Crippen molar-refractivity contribution in [3.8, 4) is 0 Å². The molecule has 7 nitrogen and oxygen atoms in total. The van der Waals surface area contributed by atoms with Crippen LogP contribution in [0, 0.1) is 0 Å². The molecule has 0 aliphatic heterocycles. The Morgan fingerprint density at radius 3 is 2.94 bits per heavy atom. The van der Waals surface area contributed by atoms with Crippen molar-refractivity contribution >= 4 is 17.4 Å². The van der Waals surface area contributed by atoms with Gasteiger partial charge in [0.15, 0.2) is 11.5 Å². The third kappa shape index (κ3) is 2.22. The van der Waals surface area contributed by atoms with Crippen molar-refractivity contribution in [2.24, 2.45) is 0 Å². The van der Waals surface area contributed by atoms with E-state index in [0.29, 0.717) is 17.9 Å². The molecule has 0 aliphatic rings. The van der Waals surface area contributed by atoms with Crippen LogP contribution in [-0.2, 0) is 6.42 Å². The van der Waals surface area contributed by atoms with Gasteiger partial charge in [0, 0.05) is 12.4 Å². The summed E-state index contributed by atoms with van der Waals surface area (Å²) < 4.78 is 0. The van der Waals surface area contributed by atoms with Crippen LogP contribution in [0.1, 0.15) is 23.1 Å². The van der Waals surface area contributed by atoms with Gasteiger partial charge in [-0.3, -0.25) is 14.9 Å². The number of carbonyl (C=O) groups excluding carboxylic acids is 1. The summed E-state index contributed by atoms with van der Waals surface area (Å²) in [5.74, 6) is -0.0445. The van der Waals surface area contributed by atoms with Gasteiger partial charge in [0.25, 0.3) is 5.91 Å². The maximum Gasteiger partial charge on any atom is 0.279 e. The molecule has 0 unspecified atom stereocenters. The molecule has 2 aromatic rings. The summed E-state index contributed by atoms with van der Waals surface area (Å²) in [5, 5.41) is 9.15. The molecule has 0 saturated heterocycles. The Labute approximate surface area is 97.5 Å². The summed E-state index contributed by atoms with van der Waals surface area (Å²) in [4.78, 5) is 19.6. The number of carbonyl (C=O) groups is 1. The first-order chi connectivity index (χ1) is 8.22. The Morgan fingerprint density at radius 2 is 2.35 bits per heavy atom. The van der Waals surface area contributed by atoms with Crippen LogP contribution in [0.2, 0.25) is 0 Å². The lowest BCUT2D eigenvalue weighted by Crippen LogP contribution is -2.15. The molecular formula is C10H12N6O. The number of nitrogens with one attached hydrogen (secondary N) is 2. The highest BCUT2D eigenvalue weighted by molar-refractivity contribution is 6.05. The Hall–Kier alpha value is -2.44. The third-order valence-electron chi connectivity index (χ3n) is 2.26. The number of hydrogen-bond acceptors (Lipinski definition) is 5. The smallest absolute Gasteiger partial charge is 0.279 e. The molecule has 0 spiro atoms. The second-order valence-electron chi connectivity index (χ2n) is 3.36. The number of nitrogens with two attached hydrogens (primary N) is 1. The van der Waals surface area contributed by atoms with Gasteiger partial charge in [0.2, 0.25) is 0 Å². The number of rotatable bonds is 3. The highest BCUT2D eigenvalue weighted by Gasteiger charge is 2.16. The van der Waals surface area contributed by atoms with Crippen molar-refractivity contribution in [2.75, 3.05) is 11.1 Å². The lowest BCUT2D eigenvalue weighted by atomic mass is 10.2. The maximum atomic E-state index is 11.8. The molecule has 0 aliphatic carbocycles. The van der Waals surface area contributed by atoms with E-state index < -0.39 is 5.91 Å². The average molecular weight is 232 g/mol. The van der Waals surface area contributed by atoms with E-state index in [4.69, 9.17) is 5.73 Å². The largest absolute Gasteiger partial charge is 0.395 e. The Morgan fingerprint density at radius 1 is 1.53 bits per heavy atom. The number of H-pyrrole nitrogens is 1. The minimum atomic E-state index is -0.404. The molecule has 88 valence electrons. The van der Waals surface area contributed by atoms with E-state index in [2.05, 4.69) is 25.5 Å². The van der Waals surface area contributed by atoms with Gasteiger partial charge in [-0.15, -0.1) is 0 Å². The summed E-state index contributed by atoms with van der Waals surface area (Å²) in [6, 6.07) is 0. The predicted molar refractivity (Wildman–Crippen MR) is 62.4 cm³/mol. The van der Waals surface area contributed by atoms with Gasteiger partial charge in [0.1, 0.15) is 0 Å². The number of aromatic amines is 1. The molecule has 0 atom stereocenters. The predicted octanol–water partition coefficient (Wildman–Crippen LogP) is 0.597. The molecule has 0 fully saturated rings. The van der Waals surface area contributed by atoms with Crippen LogP contribution in [0.4, 0.5) is 11.5 Å². The third-order valence-corrected chi connectivity index (χ3v) is 2.26. The van der Waals surface area contributed by atoms with Crippen LogP contribution in [0.3, 0.4) is 0 Å². The Bertz CT molecular complexity index is 521. The molecule has 4 N–H and O–H groups in total. The van der Waals surface area contributed by atoms with E-state index in [1.165, 1.54) is 18.6 Å². The van der Waals surface area contributed by atoms with Gasteiger partial charge in [-0.1, -0.05) is 6.92 Å². The maximum absolute atomic E-state index is 11.8. The first-order valence-electron chi connectivity index (χ1n) is 5.12. The number of hydrogen-bond donors (Lipinski definition) is 3. The molecular weight excluding hydrogens is 220 g/mol. The first kappa shape index (κ1) is 11.1. The fourth-order valence-corrected chi connectivity index (χ4v) is 1.37. The number of anilines is 2. The van der Waals surface area contributed by atoms with Crippen LogP contribution in [0.25, 0.3) is 0 Å². The highest BCUT2D eigenvalue weighted by Crippen LogP contribution is 2.15. The van der Waals surface area contributed by atoms with Crippen molar-refractivity contribution in [1.29, 1.82) is 0 Å². The van der Waals surface area contributed by atoms with Crippen LogP contribution in [0.5, 0.6) is 0 Å². The summed E-state index contributed by atoms with van der Waals surface area (Å²) >= 11 is 0. The van der Waals surface area contributed by atoms with E-state index in [-0.39, 0.29) is 5.69 Å². The lowest BCUT2D eigenvalue weighted by Gasteiger charge is -2.01. The monoisotopic (exact) mass is 232 g/mol. The molecule has 2 heterocycles. The molecule has 17 heavy (non-hydrogen) atoms. The highest BCUT2D eigenvalue weighted by atomic mass is 16.2. The summed E-state index contributed by atoms with van der Waals surface area (Å²) in [6.45, 7) is 1.92. The van der Waals surface area contributed by atoms with E-state index in [0.717, 1.165) is 5.69 Å². The number of aryl methyl sites for hydroxylation is 1. The van der Waals surface area contributed by atoms with Crippen LogP contribution in [-0.4, -0.2) is 26.1 Å². The zero-order valence-electron chi connectivity index (χ0n) is 9.27. The zero-order valence-corrected chi connectivity index (χ0v) is 9.27. The minimum absolute atomic E-state index is 0.174. The number of aromatic nitrogens is 4. The molecule has 2 aromatic heterocycles. The van der Waals surface area contributed by atoms with Gasteiger partial charge in [-0.2, -0.15) is 5.10 Å². The molecule has 0 saturated carbocycles. The molecule has 0 bridgehead atoms. The van der Waals surface area contributed by atoms with Crippen molar-refractivity contribution in [2.45, 2.75) is 13.3 Å². The van der Waals surface area contributed by atoms with Crippen molar-refractivity contribution in [3.05, 3.63) is 30.0 Å². The van der Waals surface area contributed by atoms with Crippen LogP contribution < -0.4 is 11.1 Å². The Balaban J connectivity index is 2.18. The van der Waals surface area contributed by atoms with E-state index in [9.17, 15) is 4.79 Å². The lowest BCUT2D eigenvalue weighted by molar-refractivity contribution is 0.102. The number of nitrogens with zero attached hydrogens (tertiary/aromatic N) is 3. The Kier molecular flexibility index (Phi) is 2.99. The SMILES string of the molecule is CCc1[nH]nc(C(=O)Nc2cnccn2)c1N. The van der Waals surface area contributed by atoms with Crippen LogP contribution >= 0.6 is 0 Å². The van der Waals surface area contributed by atoms with Crippen LogP contribution in [0.15, 0.2) is 18.6 Å². The summed E-state index contributed by atoms with van der Waals surface area (Å²) in [6.07, 6.45) is 5.15. The van der Waals surface area contributed by atoms with E-state index in [1.54, 1.807) is 0 Å². The molecule has 7 heteroatoms. The number of amides is 1. The topological polar surface area (TPSA) is 110 Å².